The molecule has 0 radical (unpaired) electrons. The van der Waals surface area contributed by atoms with E-state index in [1.54, 1.807) is 0 Å². The van der Waals surface area contributed by atoms with Gasteiger partial charge in [-0.1, -0.05) is 6.07 Å². The van der Waals surface area contributed by atoms with Crippen molar-refractivity contribution in [2.75, 3.05) is 6.61 Å². The van der Waals surface area contributed by atoms with E-state index < -0.39 is 11.7 Å². The number of carbonyl (C=O) groups excluding carboxylic acids is 1. The van der Waals surface area contributed by atoms with Gasteiger partial charge in [-0.3, -0.25) is 4.79 Å². The van der Waals surface area contributed by atoms with Gasteiger partial charge in [-0.2, -0.15) is 13.2 Å². The maximum atomic E-state index is 13.0. The number of rotatable bonds is 3. The lowest BCUT2D eigenvalue weighted by atomic mass is 10.1. The minimum absolute atomic E-state index is 0.0168. The minimum atomic E-state index is -4.45. The summed E-state index contributed by atoms with van der Waals surface area (Å²) in [5.74, 6) is 0. The van der Waals surface area contributed by atoms with Crippen molar-refractivity contribution in [3.8, 4) is 0 Å². The molecule has 104 valence electrons. The number of alkyl halides is 3. The summed E-state index contributed by atoms with van der Waals surface area (Å²) in [5.41, 5.74) is -0.714. The van der Waals surface area contributed by atoms with Crippen LogP contribution in [-0.2, 0) is 10.9 Å². The Morgan fingerprint density at radius 2 is 2.16 bits per heavy atom. The first kappa shape index (κ1) is 14.4. The van der Waals surface area contributed by atoms with Crippen molar-refractivity contribution in [1.29, 1.82) is 0 Å². The Kier molecular flexibility index (Phi) is 4.20. The summed E-state index contributed by atoms with van der Waals surface area (Å²) in [5, 5.41) is 0.0168. The number of carbonyl (C=O) groups is 1. The monoisotopic (exact) mass is 290 g/mol. The third-order valence-corrected chi connectivity index (χ3v) is 4.56. The van der Waals surface area contributed by atoms with Gasteiger partial charge in [-0.05, 0) is 25.5 Å². The molecule has 0 spiro atoms. The van der Waals surface area contributed by atoms with Crippen LogP contribution in [0.15, 0.2) is 23.1 Å². The molecule has 1 aromatic carbocycles. The Morgan fingerprint density at radius 3 is 2.68 bits per heavy atom. The largest absolute Gasteiger partial charge is 0.417 e. The highest BCUT2D eigenvalue weighted by Crippen LogP contribution is 2.41. The second kappa shape index (κ2) is 5.54. The molecule has 1 fully saturated rings. The fraction of sp³-hybridized carbons (Fsp3) is 0.462. The fourth-order valence-corrected chi connectivity index (χ4v) is 3.23. The van der Waals surface area contributed by atoms with Crippen LogP contribution in [0.2, 0.25) is 0 Å². The molecule has 0 amide bonds. The molecule has 2 rings (SSSR count). The summed E-state index contributed by atoms with van der Waals surface area (Å²) >= 11 is 1.17. The summed E-state index contributed by atoms with van der Waals surface area (Å²) in [6, 6.07) is 3.67. The molecule has 0 aromatic heterocycles. The van der Waals surface area contributed by atoms with Crippen molar-refractivity contribution in [2.45, 2.75) is 35.8 Å². The second-order valence-corrected chi connectivity index (χ2v) is 5.67. The van der Waals surface area contributed by atoms with Gasteiger partial charge in [0.15, 0.2) is 0 Å². The molecule has 0 aliphatic carbocycles. The molecule has 0 N–H and O–H groups in total. The molecule has 2 atom stereocenters. The lowest BCUT2D eigenvalue weighted by molar-refractivity contribution is -0.139. The standard InChI is InChI=1S/C13H13F3O2S/c1-8-11(4-5-18-8)19-12-3-2-9(7-17)6-10(12)13(14,15)16/h2-3,6-8,11H,4-5H2,1H3. The van der Waals surface area contributed by atoms with Gasteiger partial charge in [0, 0.05) is 22.3 Å². The van der Waals surface area contributed by atoms with E-state index >= 15 is 0 Å². The van der Waals surface area contributed by atoms with Crippen LogP contribution in [0, 0.1) is 0 Å². The highest BCUT2D eigenvalue weighted by atomic mass is 32.2. The van der Waals surface area contributed by atoms with Crippen molar-refractivity contribution in [3.63, 3.8) is 0 Å². The molecule has 0 bridgehead atoms. The van der Waals surface area contributed by atoms with E-state index in [0.717, 1.165) is 12.5 Å². The quantitative estimate of drug-likeness (QED) is 0.792. The van der Waals surface area contributed by atoms with Crippen LogP contribution in [0.5, 0.6) is 0 Å². The number of hydrogen-bond acceptors (Lipinski definition) is 3. The first-order chi connectivity index (χ1) is 8.91. The molecule has 19 heavy (non-hydrogen) atoms. The van der Waals surface area contributed by atoms with E-state index in [1.165, 1.54) is 23.9 Å². The first-order valence-electron chi connectivity index (χ1n) is 5.86. The summed E-state index contributed by atoms with van der Waals surface area (Å²) < 4.78 is 44.3. The van der Waals surface area contributed by atoms with Crippen molar-refractivity contribution >= 4 is 18.0 Å². The van der Waals surface area contributed by atoms with Crippen molar-refractivity contribution in [1.82, 2.24) is 0 Å². The van der Waals surface area contributed by atoms with E-state index in [2.05, 4.69) is 0 Å². The van der Waals surface area contributed by atoms with Gasteiger partial charge < -0.3 is 4.74 Å². The molecule has 6 heteroatoms. The summed E-state index contributed by atoms with van der Waals surface area (Å²) in [6.45, 7) is 2.43. The Morgan fingerprint density at radius 1 is 1.42 bits per heavy atom. The Hall–Kier alpha value is -1.01. The number of aldehydes is 1. The van der Waals surface area contributed by atoms with Crippen molar-refractivity contribution < 1.29 is 22.7 Å². The molecule has 1 aromatic rings. The van der Waals surface area contributed by atoms with E-state index in [4.69, 9.17) is 4.74 Å². The SMILES string of the molecule is CC1OCCC1Sc1ccc(C=O)cc1C(F)(F)F. The van der Waals surface area contributed by atoms with Gasteiger partial charge in [0.1, 0.15) is 6.29 Å². The molecular weight excluding hydrogens is 277 g/mol. The van der Waals surface area contributed by atoms with Crippen LogP contribution in [0.1, 0.15) is 29.3 Å². The second-order valence-electron chi connectivity index (χ2n) is 4.39. The topological polar surface area (TPSA) is 26.3 Å². The van der Waals surface area contributed by atoms with Gasteiger partial charge in [0.25, 0.3) is 0 Å². The van der Waals surface area contributed by atoms with Gasteiger partial charge in [0.2, 0.25) is 0 Å². The Balaban J connectivity index is 2.31. The highest BCUT2D eigenvalue weighted by Gasteiger charge is 2.35. The summed E-state index contributed by atoms with van der Waals surface area (Å²) in [6.07, 6.45) is -3.36. The van der Waals surface area contributed by atoms with E-state index in [9.17, 15) is 18.0 Å². The van der Waals surface area contributed by atoms with Crippen molar-refractivity contribution in [2.24, 2.45) is 0 Å². The molecule has 2 nitrogen and oxygen atoms in total. The normalized spacial score (nSPS) is 23.6. The maximum Gasteiger partial charge on any atom is 0.417 e. The lowest BCUT2D eigenvalue weighted by Crippen LogP contribution is -2.15. The van der Waals surface area contributed by atoms with E-state index in [0.29, 0.717) is 12.9 Å². The molecule has 2 unspecified atom stereocenters. The predicted molar refractivity (Wildman–Crippen MR) is 66.5 cm³/mol. The Labute approximate surface area is 113 Å². The van der Waals surface area contributed by atoms with Crippen LogP contribution in [0.25, 0.3) is 0 Å². The number of ether oxygens (including phenoxy) is 1. The number of hydrogen-bond donors (Lipinski definition) is 0. The zero-order chi connectivity index (χ0) is 14.0. The van der Waals surface area contributed by atoms with Crippen LogP contribution in [-0.4, -0.2) is 24.2 Å². The van der Waals surface area contributed by atoms with Crippen LogP contribution in [0.4, 0.5) is 13.2 Å². The van der Waals surface area contributed by atoms with E-state index in [-0.39, 0.29) is 21.8 Å². The predicted octanol–water partition coefficient (Wildman–Crippen LogP) is 3.79. The molecule has 1 heterocycles. The van der Waals surface area contributed by atoms with Gasteiger partial charge in [-0.25, -0.2) is 0 Å². The lowest BCUT2D eigenvalue weighted by Gasteiger charge is -2.17. The number of halogens is 3. The average Bonchev–Trinajstić information content (AvgIpc) is 2.74. The average molecular weight is 290 g/mol. The first-order valence-corrected chi connectivity index (χ1v) is 6.74. The number of thioether (sulfide) groups is 1. The number of benzene rings is 1. The molecule has 1 aliphatic rings. The van der Waals surface area contributed by atoms with Crippen molar-refractivity contribution in [3.05, 3.63) is 29.3 Å². The zero-order valence-corrected chi connectivity index (χ0v) is 11.1. The third-order valence-electron chi connectivity index (χ3n) is 3.03. The highest BCUT2D eigenvalue weighted by molar-refractivity contribution is 8.00. The molecule has 1 aliphatic heterocycles. The molecular formula is C13H13F3O2S. The maximum absolute atomic E-state index is 13.0. The molecule has 1 saturated heterocycles. The Bertz CT molecular complexity index is 473. The van der Waals surface area contributed by atoms with Crippen LogP contribution >= 0.6 is 11.8 Å². The van der Waals surface area contributed by atoms with E-state index in [1.807, 2.05) is 6.92 Å². The molecule has 0 saturated carbocycles. The summed E-state index contributed by atoms with van der Waals surface area (Å²) in [7, 11) is 0. The zero-order valence-electron chi connectivity index (χ0n) is 10.2. The van der Waals surface area contributed by atoms with Crippen LogP contribution in [0.3, 0.4) is 0 Å². The van der Waals surface area contributed by atoms with Gasteiger partial charge in [0.05, 0.1) is 11.7 Å². The minimum Gasteiger partial charge on any atom is -0.377 e. The smallest absolute Gasteiger partial charge is 0.377 e. The fourth-order valence-electron chi connectivity index (χ4n) is 1.98. The summed E-state index contributed by atoms with van der Waals surface area (Å²) in [4.78, 5) is 10.8. The van der Waals surface area contributed by atoms with Crippen LogP contribution < -0.4 is 0 Å². The third kappa shape index (κ3) is 3.30. The van der Waals surface area contributed by atoms with Gasteiger partial charge in [-0.15, -0.1) is 11.8 Å². The van der Waals surface area contributed by atoms with Gasteiger partial charge >= 0.3 is 6.18 Å².